The molecule has 2 atom stereocenters. The third kappa shape index (κ3) is 2.18. The molecule has 0 bridgehead atoms. The number of nitrogens with two attached hydrogens (primary N) is 1. The number of fused-ring (bicyclic) bond motifs is 1. The van der Waals surface area contributed by atoms with Gasteiger partial charge in [-0.25, -0.2) is 0 Å². The van der Waals surface area contributed by atoms with Crippen LogP contribution in [0.2, 0.25) is 0 Å². The molecule has 0 spiro atoms. The normalized spacial score (nSPS) is 30.1. The monoisotopic (exact) mass is 245 g/mol. The van der Waals surface area contributed by atoms with E-state index in [4.69, 9.17) is 5.73 Å². The standard InChI is InChI=1S/C15H23N3/c1-17-7-4-8-18(10-9-17)15-11-14(16)12-5-2-3-6-13(12)15/h2-3,5-6,14-15H,4,7-11,16H2,1H3. The fraction of sp³-hybridized carbons (Fsp3) is 0.600. The highest BCUT2D eigenvalue weighted by Gasteiger charge is 2.32. The maximum atomic E-state index is 6.27. The van der Waals surface area contributed by atoms with Gasteiger partial charge < -0.3 is 10.6 Å². The second-order valence-corrected chi connectivity index (χ2v) is 5.68. The Hall–Kier alpha value is -0.900. The average Bonchev–Trinajstić information content (AvgIpc) is 2.57. The summed E-state index contributed by atoms with van der Waals surface area (Å²) in [6, 6.07) is 9.49. The fourth-order valence-corrected chi connectivity index (χ4v) is 3.37. The highest BCUT2D eigenvalue weighted by molar-refractivity contribution is 5.37. The molecule has 2 unspecified atom stereocenters. The zero-order valence-corrected chi connectivity index (χ0v) is 11.2. The predicted octanol–water partition coefficient (Wildman–Crippen LogP) is 1.77. The molecule has 1 saturated heterocycles. The smallest absolute Gasteiger partial charge is 0.0370 e. The molecular formula is C15H23N3. The van der Waals surface area contributed by atoms with Gasteiger partial charge in [0.15, 0.2) is 0 Å². The molecule has 2 aliphatic rings. The Morgan fingerprint density at radius 1 is 1.06 bits per heavy atom. The van der Waals surface area contributed by atoms with Crippen LogP contribution in [0.15, 0.2) is 24.3 Å². The lowest BCUT2D eigenvalue weighted by Crippen LogP contribution is -2.32. The lowest BCUT2D eigenvalue weighted by Gasteiger charge is -2.28. The van der Waals surface area contributed by atoms with Gasteiger partial charge >= 0.3 is 0 Å². The molecule has 18 heavy (non-hydrogen) atoms. The van der Waals surface area contributed by atoms with Gasteiger partial charge in [-0.1, -0.05) is 24.3 Å². The summed E-state index contributed by atoms with van der Waals surface area (Å²) in [6.07, 6.45) is 2.35. The molecule has 0 saturated carbocycles. The molecule has 3 heteroatoms. The third-order valence-corrected chi connectivity index (χ3v) is 4.43. The minimum atomic E-state index is 0.229. The molecule has 2 N–H and O–H groups in total. The van der Waals surface area contributed by atoms with Crippen LogP contribution in [0.5, 0.6) is 0 Å². The summed E-state index contributed by atoms with van der Waals surface area (Å²) in [7, 11) is 2.22. The Balaban J connectivity index is 1.81. The Bertz CT molecular complexity index is 418. The van der Waals surface area contributed by atoms with E-state index in [9.17, 15) is 0 Å². The van der Waals surface area contributed by atoms with Crippen LogP contribution in [0.3, 0.4) is 0 Å². The minimum Gasteiger partial charge on any atom is -0.324 e. The van der Waals surface area contributed by atoms with Crippen LogP contribution in [-0.2, 0) is 0 Å². The molecule has 1 aromatic carbocycles. The van der Waals surface area contributed by atoms with E-state index in [1.165, 1.54) is 43.7 Å². The van der Waals surface area contributed by atoms with E-state index in [0.29, 0.717) is 6.04 Å². The molecular weight excluding hydrogens is 222 g/mol. The van der Waals surface area contributed by atoms with Crippen molar-refractivity contribution in [3.05, 3.63) is 35.4 Å². The summed E-state index contributed by atoms with van der Waals surface area (Å²) in [6.45, 7) is 4.77. The number of nitrogens with zero attached hydrogens (tertiary/aromatic N) is 2. The SMILES string of the molecule is CN1CCCN(C2CC(N)c3ccccc32)CC1. The molecule has 1 aliphatic heterocycles. The predicted molar refractivity (Wildman–Crippen MR) is 74.4 cm³/mol. The minimum absolute atomic E-state index is 0.229. The second kappa shape index (κ2) is 5.00. The van der Waals surface area contributed by atoms with E-state index in [0.717, 1.165) is 6.42 Å². The first-order valence-corrected chi connectivity index (χ1v) is 7.02. The summed E-state index contributed by atoms with van der Waals surface area (Å²) in [5.74, 6) is 0. The lowest BCUT2D eigenvalue weighted by atomic mass is 10.1. The number of likely N-dealkylation sites (N-methyl/N-ethyl adjacent to an activating group) is 1. The molecule has 3 nitrogen and oxygen atoms in total. The maximum Gasteiger partial charge on any atom is 0.0370 e. The van der Waals surface area contributed by atoms with Crippen molar-refractivity contribution < 1.29 is 0 Å². The van der Waals surface area contributed by atoms with Crippen LogP contribution in [0.4, 0.5) is 0 Å². The van der Waals surface area contributed by atoms with E-state index in [2.05, 4.69) is 41.1 Å². The zero-order chi connectivity index (χ0) is 12.5. The largest absolute Gasteiger partial charge is 0.324 e. The van der Waals surface area contributed by atoms with Gasteiger partial charge in [-0.2, -0.15) is 0 Å². The van der Waals surface area contributed by atoms with Crippen LogP contribution < -0.4 is 5.73 Å². The van der Waals surface area contributed by atoms with Crippen molar-refractivity contribution in [2.24, 2.45) is 5.73 Å². The molecule has 3 rings (SSSR count). The van der Waals surface area contributed by atoms with Crippen molar-refractivity contribution in [3.63, 3.8) is 0 Å². The average molecular weight is 245 g/mol. The number of hydrogen-bond acceptors (Lipinski definition) is 3. The van der Waals surface area contributed by atoms with Gasteiger partial charge in [-0.15, -0.1) is 0 Å². The van der Waals surface area contributed by atoms with Crippen LogP contribution in [0.25, 0.3) is 0 Å². The van der Waals surface area contributed by atoms with E-state index in [1.54, 1.807) is 0 Å². The van der Waals surface area contributed by atoms with E-state index in [1.807, 2.05) is 0 Å². The highest BCUT2D eigenvalue weighted by atomic mass is 15.2. The first kappa shape index (κ1) is 12.2. The molecule has 1 aliphatic carbocycles. The van der Waals surface area contributed by atoms with Crippen LogP contribution >= 0.6 is 0 Å². The van der Waals surface area contributed by atoms with Gasteiger partial charge in [0.25, 0.3) is 0 Å². The summed E-state index contributed by atoms with van der Waals surface area (Å²) in [5.41, 5.74) is 9.10. The van der Waals surface area contributed by atoms with Gasteiger partial charge in [0.1, 0.15) is 0 Å². The van der Waals surface area contributed by atoms with Crippen LogP contribution in [-0.4, -0.2) is 43.0 Å². The van der Waals surface area contributed by atoms with Crippen molar-refractivity contribution in [1.29, 1.82) is 0 Å². The fourth-order valence-electron chi connectivity index (χ4n) is 3.37. The molecule has 1 heterocycles. The molecule has 0 amide bonds. The zero-order valence-electron chi connectivity index (χ0n) is 11.2. The quantitative estimate of drug-likeness (QED) is 0.818. The van der Waals surface area contributed by atoms with Crippen molar-refractivity contribution in [3.8, 4) is 0 Å². The van der Waals surface area contributed by atoms with E-state index >= 15 is 0 Å². The van der Waals surface area contributed by atoms with Crippen LogP contribution in [0, 0.1) is 0 Å². The Morgan fingerprint density at radius 2 is 1.83 bits per heavy atom. The van der Waals surface area contributed by atoms with Gasteiger partial charge in [0.2, 0.25) is 0 Å². The van der Waals surface area contributed by atoms with Crippen molar-refractivity contribution in [2.45, 2.75) is 24.9 Å². The first-order chi connectivity index (χ1) is 8.75. The summed E-state index contributed by atoms with van der Waals surface area (Å²) in [4.78, 5) is 5.07. The topological polar surface area (TPSA) is 32.5 Å². The van der Waals surface area contributed by atoms with Crippen molar-refractivity contribution in [1.82, 2.24) is 9.80 Å². The molecule has 98 valence electrons. The molecule has 1 aromatic rings. The second-order valence-electron chi connectivity index (χ2n) is 5.68. The van der Waals surface area contributed by atoms with Crippen molar-refractivity contribution in [2.75, 3.05) is 33.2 Å². The first-order valence-electron chi connectivity index (χ1n) is 7.02. The maximum absolute atomic E-state index is 6.27. The number of rotatable bonds is 1. The van der Waals surface area contributed by atoms with Gasteiger partial charge in [-0.3, -0.25) is 4.90 Å². The van der Waals surface area contributed by atoms with E-state index < -0.39 is 0 Å². The summed E-state index contributed by atoms with van der Waals surface area (Å²) in [5, 5.41) is 0. The van der Waals surface area contributed by atoms with E-state index in [-0.39, 0.29) is 6.04 Å². The Labute approximate surface area is 110 Å². The number of hydrogen-bond donors (Lipinski definition) is 1. The Kier molecular flexibility index (Phi) is 3.37. The van der Waals surface area contributed by atoms with Crippen molar-refractivity contribution >= 4 is 0 Å². The number of benzene rings is 1. The highest BCUT2D eigenvalue weighted by Crippen LogP contribution is 2.40. The van der Waals surface area contributed by atoms with Crippen LogP contribution in [0.1, 0.15) is 36.1 Å². The molecule has 1 fully saturated rings. The summed E-state index contributed by atoms with van der Waals surface area (Å²) < 4.78 is 0. The molecule has 0 radical (unpaired) electrons. The van der Waals surface area contributed by atoms with Gasteiger partial charge in [-0.05, 0) is 37.6 Å². The summed E-state index contributed by atoms with van der Waals surface area (Å²) >= 11 is 0. The lowest BCUT2D eigenvalue weighted by molar-refractivity contribution is 0.198. The third-order valence-electron chi connectivity index (χ3n) is 4.43. The molecule has 0 aromatic heterocycles. The van der Waals surface area contributed by atoms with Gasteiger partial charge in [0, 0.05) is 31.7 Å². The Morgan fingerprint density at radius 3 is 2.67 bits per heavy atom. The van der Waals surface area contributed by atoms with Gasteiger partial charge in [0.05, 0.1) is 0 Å².